The summed E-state index contributed by atoms with van der Waals surface area (Å²) >= 11 is 0. The van der Waals surface area contributed by atoms with Gasteiger partial charge in [-0.15, -0.1) is 0 Å². The van der Waals surface area contributed by atoms with Gasteiger partial charge in [0.1, 0.15) is 0 Å². The molecule has 0 atom stereocenters. The van der Waals surface area contributed by atoms with E-state index in [0.717, 1.165) is 0 Å². The van der Waals surface area contributed by atoms with E-state index in [1.165, 1.54) is 21.6 Å². The lowest BCUT2D eigenvalue weighted by molar-refractivity contribution is -0.0722. The maximum Gasteiger partial charge on any atom is 0.466 e. The number of hydrogen-bond acceptors (Lipinski definition) is 2. The lowest BCUT2D eigenvalue weighted by atomic mass is 10.7. The highest BCUT2D eigenvalue weighted by molar-refractivity contribution is 6.53. The molecule has 0 rings (SSSR count). The molecular formula is C10H21F3NOSi2. The highest BCUT2D eigenvalue weighted by atomic mass is 28.3. The van der Waals surface area contributed by atoms with E-state index in [1.807, 2.05) is 0 Å². The summed E-state index contributed by atoms with van der Waals surface area (Å²) in [6, 6.07) is 3.91. The van der Waals surface area contributed by atoms with Crippen LogP contribution in [-0.2, 0) is 4.43 Å². The van der Waals surface area contributed by atoms with E-state index in [-0.39, 0.29) is 0 Å². The molecule has 1 N–H and O–H groups in total. The second kappa shape index (κ2) is 10.8. The van der Waals surface area contributed by atoms with Crippen LogP contribution in [-0.4, -0.2) is 30.6 Å². The number of nitrogens with one attached hydrogen (secondary N) is 1. The molecule has 17 heavy (non-hydrogen) atoms. The summed E-state index contributed by atoms with van der Waals surface area (Å²) in [5, 5.41) is 6.56. The first-order chi connectivity index (χ1) is 7.83. The lowest BCUT2D eigenvalue weighted by Crippen LogP contribution is -2.31. The maximum absolute atomic E-state index is 11.7. The van der Waals surface area contributed by atoms with Crippen molar-refractivity contribution in [3.05, 3.63) is 0 Å². The Bertz CT molecular complexity index is 194. The van der Waals surface area contributed by atoms with E-state index in [1.54, 1.807) is 13.8 Å². The Morgan fingerprint density at radius 1 is 1.12 bits per heavy atom. The molecular weight excluding hydrogens is 263 g/mol. The van der Waals surface area contributed by atoms with Gasteiger partial charge >= 0.3 is 6.18 Å². The first-order valence-corrected chi connectivity index (χ1v) is 8.95. The Morgan fingerprint density at radius 3 is 1.71 bits per heavy atom. The fraction of sp³-hybridized carbons (Fsp3) is 0.900. The summed E-state index contributed by atoms with van der Waals surface area (Å²) in [6.07, 6.45) is -4.62. The Balaban J connectivity index is 0. The zero-order chi connectivity index (χ0) is 13.9. The molecule has 0 spiro atoms. The van der Waals surface area contributed by atoms with Gasteiger partial charge in [0.2, 0.25) is 0 Å². The Labute approximate surface area is 106 Å². The van der Waals surface area contributed by atoms with Crippen LogP contribution in [0.5, 0.6) is 0 Å². The van der Waals surface area contributed by atoms with Crippen molar-refractivity contribution in [2.45, 2.75) is 58.0 Å². The molecule has 0 aliphatic carbocycles. The highest BCUT2D eigenvalue weighted by Crippen LogP contribution is 2.18. The van der Waals surface area contributed by atoms with E-state index < -0.39 is 21.1 Å². The molecule has 0 fully saturated rings. The van der Waals surface area contributed by atoms with Crippen molar-refractivity contribution in [2.75, 3.05) is 0 Å². The van der Waals surface area contributed by atoms with Crippen molar-refractivity contribution < 1.29 is 17.6 Å². The Hall–Kier alpha value is -0.306. The minimum absolute atomic E-state index is 0.583. The van der Waals surface area contributed by atoms with Crippen molar-refractivity contribution in [1.82, 2.24) is 0 Å². The van der Waals surface area contributed by atoms with Gasteiger partial charge < -0.3 is 4.43 Å². The molecule has 0 saturated heterocycles. The zero-order valence-electron chi connectivity index (χ0n) is 10.9. The first kappa shape index (κ1) is 19.0. The summed E-state index contributed by atoms with van der Waals surface area (Å²) in [4.78, 5) is 0. The van der Waals surface area contributed by atoms with E-state index in [9.17, 15) is 13.2 Å². The van der Waals surface area contributed by atoms with Crippen LogP contribution < -0.4 is 0 Å². The largest absolute Gasteiger partial charge is 0.526 e. The highest BCUT2D eigenvalue weighted by Gasteiger charge is 2.37. The van der Waals surface area contributed by atoms with Gasteiger partial charge in [-0.05, 0) is 12.1 Å². The third-order valence-electron chi connectivity index (χ3n) is 1.79. The van der Waals surface area contributed by atoms with E-state index in [0.29, 0.717) is 12.1 Å². The van der Waals surface area contributed by atoms with Crippen LogP contribution in [0.15, 0.2) is 0 Å². The molecule has 0 aromatic heterocycles. The minimum atomic E-state index is -4.62. The van der Waals surface area contributed by atoms with Gasteiger partial charge in [-0.3, -0.25) is 5.41 Å². The van der Waals surface area contributed by atoms with Gasteiger partial charge in [-0.2, -0.15) is 13.2 Å². The van der Waals surface area contributed by atoms with Crippen molar-refractivity contribution in [1.29, 1.82) is 5.41 Å². The molecule has 0 bridgehead atoms. The van der Waals surface area contributed by atoms with Crippen LogP contribution in [0.1, 0.15) is 27.7 Å². The molecule has 0 amide bonds. The molecule has 0 aliphatic heterocycles. The summed E-state index contributed by atoms with van der Waals surface area (Å²) in [5.74, 6) is -1.56. The fourth-order valence-corrected chi connectivity index (χ4v) is 2.54. The van der Waals surface area contributed by atoms with Gasteiger partial charge in [-0.1, -0.05) is 39.8 Å². The molecule has 101 valence electrons. The number of hydrogen-bond donors (Lipinski definition) is 1. The predicted molar refractivity (Wildman–Crippen MR) is 68.3 cm³/mol. The van der Waals surface area contributed by atoms with E-state index in [4.69, 9.17) is 5.41 Å². The molecule has 0 saturated carbocycles. The van der Waals surface area contributed by atoms with Crippen molar-refractivity contribution in [3.8, 4) is 0 Å². The molecule has 0 aliphatic rings. The second-order valence-corrected chi connectivity index (χ2v) is 7.74. The number of halogens is 3. The topological polar surface area (TPSA) is 33.1 Å². The monoisotopic (exact) mass is 284 g/mol. The molecule has 0 aromatic rings. The third-order valence-corrected chi connectivity index (χ3v) is 4.86. The zero-order valence-corrected chi connectivity index (χ0v) is 12.9. The van der Waals surface area contributed by atoms with Crippen molar-refractivity contribution in [3.63, 3.8) is 0 Å². The Morgan fingerprint density at radius 2 is 1.53 bits per heavy atom. The molecule has 2 nitrogen and oxygen atoms in total. The quantitative estimate of drug-likeness (QED) is 0.459. The first-order valence-electron chi connectivity index (χ1n) is 5.72. The summed E-state index contributed by atoms with van der Waals surface area (Å²) in [5.41, 5.74) is 0. The van der Waals surface area contributed by atoms with Crippen LogP contribution in [0, 0.1) is 5.41 Å². The smallest absolute Gasteiger partial charge is 0.466 e. The predicted octanol–water partition coefficient (Wildman–Crippen LogP) is 4.14. The van der Waals surface area contributed by atoms with E-state index in [2.05, 4.69) is 18.3 Å². The lowest BCUT2D eigenvalue weighted by Gasteiger charge is -2.15. The van der Waals surface area contributed by atoms with Gasteiger partial charge in [-0.25, -0.2) is 0 Å². The van der Waals surface area contributed by atoms with Gasteiger partial charge in [0, 0.05) is 9.52 Å². The van der Waals surface area contributed by atoms with Crippen LogP contribution >= 0.6 is 0 Å². The Kier molecular flexibility index (Phi) is 12.1. The average Bonchev–Trinajstić information content (AvgIpc) is 2.26. The van der Waals surface area contributed by atoms with Gasteiger partial charge in [0.15, 0.2) is 0 Å². The normalized spacial score (nSPS) is 10.8. The summed E-state index contributed by atoms with van der Waals surface area (Å²) in [6.45, 7) is 7.98. The standard InChI is InChI=1S/C6H11F3NOSi.C4H10Si/c1-3-12(4-2)11-5(10)6(7,8)9;1-3-5-4-2/h10H,3-4H2,1-2H3;3-4H2,1-2H3. The molecule has 0 aromatic carbocycles. The van der Waals surface area contributed by atoms with Crippen molar-refractivity contribution in [2.24, 2.45) is 0 Å². The minimum Gasteiger partial charge on any atom is -0.526 e. The number of alkyl halides is 3. The molecule has 0 unspecified atom stereocenters. The maximum atomic E-state index is 11.7. The SMILES string of the molecule is CC[Si](CC)OC(=N)C(F)(F)F.CC[Si]CC. The van der Waals surface area contributed by atoms with Crippen molar-refractivity contribution >= 4 is 24.5 Å². The number of rotatable bonds is 5. The van der Waals surface area contributed by atoms with E-state index >= 15 is 0 Å². The van der Waals surface area contributed by atoms with Crippen LogP contribution in [0.2, 0.25) is 24.2 Å². The van der Waals surface area contributed by atoms with Gasteiger partial charge in [0.05, 0.1) is 0 Å². The second-order valence-electron chi connectivity index (χ2n) is 3.13. The molecule has 7 heteroatoms. The van der Waals surface area contributed by atoms with Crippen LogP contribution in [0.3, 0.4) is 0 Å². The van der Waals surface area contributed by atoms with Crippen LogP contribution in [0.25, 0.3) is 0 Å². The average molecular weight is 284 g/mol. The molecule has 3 radical (unpaired) electrons. The van der Waals surface area contributed by atoms with Gasteiger partial charge in [0.25, 0.3) is 14.9 Å². The molecule has 0 heterocycles. The summed E-state index contributed by atoms with van der Waals surface area (Å²) < 4.78 is 39.7. The fourth-order valence-electron chi connectivity index (χ4n) is 0.847. The van der Waals surface area contributed by atoms with Crippen LogP contribution in [0.4, 0.5) is 13.2 Å². The summed E-state index contributed by atoms with van der Waals surface area (Å²) in [7, 11) is -0.252. The third kappa shape index (κ3) is 11.9.